The van der Waals surface area contributed by atoms with Crippen LogP contribution in [0.3, 0.4) is 0 Å². The molecule has 2 aromatic carbocycles. The molecule has 2 aromatic heterocycles. The molecule has 4 rings (SSSR count). The summed E-state index contributed by atoms with van der Waals surface area (Å²) in [4.78, 5) is 27.7. The number of nitro groups is 1. The Bertz CT molecular complexity index is 1180. The number of aryl methyl sites for hydroxylation is 1. The van der Waals surface area contributed by atoms with Crippen molar-refractivity contribution in [3.63, 3.8) is 0 Å². The van der Waals surface area contributed by atoms with E-state index in [1.54, 1.807) is 48.0 Å². The lowest BCUT2D eigenvalue weighted by Gasteiger charge is -2.07. The van der Waals surface area contributed by atoms with Crippen molar-refractivity contribution in [3.05, 3.63) is 81.3 Å². The predicted octanol–water partition coefficient (Wildman–Crippen LogP) is 4.66. The summed E-state index contributed by atoms with van der Waals surface area (Å²) in [6.07, 6.45) is 1.57. The van der Waals surface area contributed by atoms with Gasteiger partial charge in [0.25, 0.3) is 10.9 Å². The number of ether oxygens (including phenoxy) is 1. The van der Waals surface area contributed by atoms with E-state index in [1.165, 1.54) is 15.7 Å². The van der Waals surface area contributed by atoms with Crippen molar-refractivity contribution in [1.29, 1.82) is 0 Å². The highest BCUT2D eigenvalue weighted by Gasteiger charge is 2.25. The Morgan fingerprint density at radius 1 is 1.25 bits per heavy atom. The molecule has 0 saturated carbocycles. The first-order valence-electron chi connectivity index (χ1n) is 8.27. The number of imidazole rings is 1. The van der Waals surface area contributed by atoms with Crippen LogP contribution in [0.25, 0.3) is 4.96 Å². The third-order valence-corrected chi connectivity index (χ3v) is 4.74. The van der Waals surface area contributed by atoms with Crippen LogP contribution in [0, 0.1) is 17.0 Å². The standard InChI is InChI=1S/C19H14N4O4S/c1-12-3-2-4-13(11-12)16(24)20-14-5-7-15(8-6-14)27-17-18(23(25)26)22-9-10-28-19(22)21-17/h2-11H,1H3,(H,20,24). The van der Waals surface area contributed by atoms with Crippen molar-refractivity contribution in [2.45, 2.75) is 6.92 Å². The van der Waals surface area contributed by atoms with Gasteiger partial charge in [-0.05, 0) is 48.2 Å². The SMILES string of the molecule is Cc1cccc(C(=O)Nc2ccc(Oc3nc4sccn4c3[N+](=O)[O-])cc2)c1. The van der Waals surface area contributed by atoms with Gasteiger partial charge in [0.15, 0.2) is 0 Å². The van der Waals surface area contributed by atoms with Gasteiger partial charge in [-0.1, -0.05) is 29.0 Å². The number of benzene rings is 2. The summed E-state index contributed by atoms with van der Waals surface area (Å²) < 4.78 is 6.97. The largest absolute Gasteiger partial charge is 0.433 e. The van der Waals surface area contributed by atoms with E-state index in [1.807, 2.05) is 19.1 Å². The molecule has 0 aliphatic carbocycles. The summed E-state index contributed by atoms with van der Waals surface area (Å²) in [5.74, 6) is -0.147. The molecule has 1 amide bonds. The van der Waals surface area contributed by atoms with Gasteiger partial charge in [0.05, 0.1) is 0 Å². The first kappa shape index (κ1) is 17.7. The molecule has 1 N–H and O–H groups in total. The number of rotatable bonds is 5. The van der Waals surface area contributed by atoms with Crippen LogP contribution in [0.2, 0.25) is 0 Å². The van der Waals surface area contributed by atoms with Crippen LogP contribution < -0.4 is 10.1 Å². The number of carbonyl (C=O) groups excluding carboxylic acids is 1. The molecule has 0 atom stereocenters. The number of fused-ring (bicyclic) bond motifs is 1. The minimum atomic E-state index is -0.529. The number of nitrogens with zero attached hydrogens (tertiary/aromatic N) is 3. The number of anilines is 1. The Kier molecular flexibility index (Phi) is 4.50. The smallest absolute Gasteiger partial charge is 0.393 e. The Labute approximate surface area is 163 Å². The first-order valence-corrected chi connectivity index (χ1v) is 9.15. The molecule has 0 fully saturated rings. The maximum absolute atomic E-state index is 12.3. The molecule has 0 bridgehead atoms. The van der Waals surface area contributed by atoms with Crippen molar-refractivity contribution in [2.24, 2.45) is 0 Å². The van der Waals surface area contributed by atoms with Crippen LogP contribution in [0.1, 0.15) is 15.9 Å². The van der Waals surface area contributed by atoms with Crippen LogP contribution in [-0.4, -0.2) is 20.2 Å². The monoisotopic (exact) mass is 394 g/mol. The molecule has 0 radical (unpaired) electrons. The van der Waals surface area contributed by atoms with Crippen molar-refractivity contribution in [3.8, 4) is 11.6 Å². The van der Waals surface area contributed by atoms with Crippen molar-refractivity contribution < 1.29 is 14.5 Å². The van der Waals surface area contributed by atoms with Gasteiger partial charge < -0.3 is 20.2 Å². The average Bonchev–Trinajstić information content (AvgIpc) is 3.23. The van der Waals surface area contributed by atoms with E-state index < -0.39 is 4.92 Å². The zero-order valence-corrected chi connectivity index (χ0v) is 15.5. The van der Waals surface area contributed by atoms with Crippen molar-refractivity contribution in [1.82, 2.24) is 9.38 Å². The fraction of sp³-hybridized carbons (Fsp3) is 0.0526. The summed E-state index contributed by atoms with van der Waals surface area (Å²) in [6.45, 7) is 1.92. The lowest BCUT2D eigenvalue weighted by atomic mass is 10.1. The Balaban J connectivity index is 1.51. The Hall–Kier alpha value is -3.72. The quantitative estimate of drug-likeness (QED) is 0.392. The zero-order chi connectivity index (χ0) is 19.7. The maximum Gasteiger partial charge on any atom is 0.393 e. The van der Waals surface area contributed by atoms with Gasteiger partial charge in [0, 0.05) is 16.6 Å². The number of amides is 1. The fourth-order valence-corrected chi connectivity index (χ4v) is 3.40. The first-order chi connectivity index (χ1) is 13.5. The molecule has 0 spiro atoms. The Morgan fingerprint density at radius 2 is 2.04 bits per heavy atom. The number of thiazole rings is 1. The third kappa shape index (κ3) is 3.42. The van der Waals surface area contributed by atoms with E-state index in [0.717, 1.165) is 5.56 Å². The molecule has 9 heteroatoms. The van der Waals surface area contributed by atoms with Crippen LogP contribution in [0.5, 0.6) is 11.6 Å². The topological polar surface area (TPSA) is 98.8 Å². The number of nitrogens with one attached hydrogen (secondary N) is 1. The highest BCUT2D eigenvalue weighted by atomic mass is 32.1. The molecule has 140 valence electrons. The van der Waals surface area contributed by atoms with E-state index in [2.05, 4.69) is 10.3 Å². The Morgan fingerprint density at radius 3 is 2.75 bits per heavy atom. The summed E-state index contributed by atoms with van der Waals surface area (Å²) >= 11 is 1.28. The summed E-state index contributed by atoms with van der Waals surface area (Å²) in [5.41, 5.74) is 2.14. The second kappa shape index (κ2) is 7.12. The normalized spacial score (nSPS) is 10.8. The van der Waals surface area contributed by atoms with Crippen molar-refractivity contribution >= 4 is 33.7 Å². The van der Waals surface area contributed by atoms with Crippen LogP contribution >= 0.6 is 11.3 Å². The van der Waals surface area contributed by atoms with E-state index >= 15 is 0 Å². The van der Waals surface area contributed by atoms with E-state index in [9.17, 15) is 14.9 Å². The highest BCUT2D eigenvalue weighted by molar-refractivity contribution is 7.15. The highest BCUT2D eigenvalue weighted by Crippen LogP contribution is 2.33. The fourth-order valence-electron chi connectivity index (χ4n) is 2.70. The number of hydrogen-bond acceptors (Lipinski definition) is 6. The van der Waals surface area contributed by atoms with Crippen molar-refractivity contribution in [2.75, 3.05) is 5.32 Å². The second-order valence-corrected chi connectivity index (χ2v) is 6.88. The van der Waals surface area contributed by atoms with Gasteiger partial charge in [-0.15, -0.1) is 0 Å². The summed E-state index contributed by atoms with van der Waals surface area (Å²) in [6, 6.07) is 13.8. The van der Waals surface area contributed by atoms with Gasteiger partial charge >= 0.3 is 11.7 Å². The molecule has 0 unspecified atom stereocenters. The molecule has 0 aliphatic heterocycles. The van der Waals surface area contributed by atoms with E-state index in [-0.39, 0.29) is 17.6 Å². The molecule has 2 heterocycles. The molecule has 0 saturated heterocycles. The molecule has 0 aliphatic rings. The van der Waals surface area contributed by atoms with E-state index in [0.29, 0.717) is 22.0 Å². The van der Waals surface area contributed by atoms with Gasteiger partial charge in [-0.25, -0.2) is 0 Å². The van der Waals surface area contributed by atoms with Crippen LogP contribution in [0.15, 0.2) is 60.1 Å². The summed E-state index contributed by atoms with van der Waals surface area (Å²) in [7, 11) is 0. The zero-order valence-electron chi connectivity index (χ0n) is 14.7. The minimum Gasteiger partial charge on any atom is -0.433 e. The maximum atomic E-state index is 12.3. The lowest BCUT2D eigenvalue weighted by Crippen LogP contribution is -2.11. The van der Waals surface area contributed by atoms with Gasteiger partial charge in [0.2, 0.25) is 0 Å². The number of carbonyl (C=O) groups is 1. The third-order valence-electron chi connectivity index (χ3n) is 3.99. The van der Waals surface area contributed by atoms with Gasteiger partial charge in [-0.3, -0.25) is 4.79 Å². The molecule has 28 heavy (non-hydrogen) atoms. The minimum absolute atomic E-state index is 0.0756. The second-order valence-electron chi connectivity index (χ2n) is 6.00. The number of aromatic nitrogens is 2. The van der Waals surface area contributed by atoms with E-state index in [4.69, 9.17) is 4.74 Å². The lowest BCUT2D eigenvalue weighted by molar-refractivity contribution is -0.391. The van der Waals surface area contributed by atoms with Gasteiger partial charge in [-0.2, -0.15) is 9.38 Å². The molecule has 8 nitrogen and oxygen atoms in total. The molecular formula is C19H14N4O4S. The molecule has 4 aromatic rings. The summed E-state index contributed by atoms with van der Waals surface area (Å²) in [5, 5.41) is 15.9. The molecular weight excluding hydrogens is 380 g/mol. The number of hydrogen-bond donors (Lipinski definition) is 1. The average molecular weight is 394 g/mol. The van der Waals surface area contributed by atoms with Crippen LogP contribution in [-0.2, 0) is 0 Å². The van der Waals surface area contributed by atoms with Gasteiger partial charge in [0.1, 0.15) is 11.9 Å². The predicted molar refractivity (Wildman–Crippen MR) is 105 cm³/mol. The van der Waals surface area contributed by atoms with Crippen LogP contribution in [0.4, 0.5) is 11.5 Å².